The van der Waals surface area contributed by atoms with Crippen LogP contribution >= 0.6 is 34.8 Å². The van der Waals surface area contributed by atoms with Crippen LogP contribution in [0.1, 0.15) is 18.1 Å². The van der Waals surface area contributed by atoms with Crippen molar-refractivity contribution in [2.24, 2.45) is 0 Å². The molecule has 8 heteroatoms. The first-order valence-electron chi connectivity index (χ1n) is 9.99. The molecule has 0 aromatic heterocycles. The minimum absolute atomic E-state index is 0.160. The fraction of sp³-hybridized carbons (Fsp3) is 0.208. The lowest BCUT2D eigenvalue weighted by molar-refractivity contribution is -0.118. The molecular formula is C24H23Cl3N2O3. The lowest BCUT2D eigenvalue weighted by Gasteiger charge is -2.14. The molecule has 0 spiro atoms. The van der Waals surface area contributed by atoms with E-state index in [1.54, 1.807) is 30.3 Å². The highest BCUT2D eigenvalue weighted by Gasteiger charge is 2.11. The Morgan fingerprint density at radius 2 is 1.59 bits per heavy atom. The number of carbonyl (C=O) groups is 1. The zero-order valence-corrected chi connectivity index (χ0v) is 19.9. The van der Waals surface area contributed by atoms with Gasteiger partial charge in [-0.1, -0.05) is 46.9 Å². The molecule has 2 N–H and O–H groups in total. The van der Waals surface area contributed by atoms with Gasteiger partial charge in [-0.25, -0.2) is 0 Å². The van der Waals surface area contributed by atoms with Crippen molar-refractivity contribution in [2.75, 3.05) is 23.8 Å². The molecule has 0 aliphatic carbocycles. The Bertz CT molecular complexity index is 1110. The largest absolute Gasteiger partial charge is 0.490 e. The Balaban J connectivity index is 1.61. The number of ether oxygens (including phenoxy) is 2. The maximum Gasteiger partial charge on any atom is 0.262 e. The van der Waals surface area contributed by atoms with Gasteiger partial charge in [0, 0.05) is 22.9 Å². The number of halogens is 3. The Kier molecular flexibility index (Phi) is 8.51. The van der Waals surface area contributed by atoms with Crippen LogP contribution in [0.2, 0.25) is 15.1 Å². The Morgan fingerprint density at radius 1 is 0.844 bits per heavy atom. The molecule has 0 radical (unpaired) electrons. The van der Waals surface area contributed by atoms with Crippen LogP contribution in [-0.4, -0.2) is 19.1 Å². The van der Waals surface area contributed by atoms with Gasteiger partial charge < -0.3 is 20.1 Å². The quantitative estimate of drug-likeness (QED) is 0.337. The predicted molar refractivity (Wildman–Crippen MR) is 132 cm³/mol. The topological polar surface area (TPSA) is 59.6 Å². The molecule has 0 unspecified atom stereocenters. The molecule has 0 heterocycles. The first-order chi connectivity index (χ1) is 15.4. The summed E-state index contributed by atoms with van der Waals surface area (Å²) in [5, 5.41) is 7.64. The highest BCUT2D eigenvalue weighted by atomic mass is 35.5. The number of rotatable bonds is 9. The number of carbonyl (C=O) groups excluding carboxylic acids is 1. The summed E-state index contributed by atoms with van der Waals surface area (Å²) < 4.78 is 11.4. The smallest absolute Gasteiger partial charge is 0.262 e. The van der Waals surface area contributed by atoms with Crippen molar-refractivity contribution in [1.82, 2.24) is 0 Å². The number of hydrogen-bond donors (Lipinski definition) is 2. The molecule has 0 saturated heterocycles. The third kappa shape index (κ3) is 6.70. The monoisotopic (exact) mass is 492 g/mol. The van der Waals surface area contributed by atoms with Crippen molar-refractivity contribution in [3.8, 4) is 11.5 Å². The van der Waals surface area contributed by atoms with Gasteiger partial charge in [-0.2, -0.15) is 0 Å². The maximum absolute atomic E-state index is 12.3. The van der Waals surface area contributed by atoms with Crippen LogP contribution in [0.25, 0.3) is 0 Å². The van der Waals surface area contributed by atoms with E-state index in [0.29, 0.717) is 45.4 Å². The fourth-order valence-corrected chi connectivity index (χ4v) is 3.35. The fourth-order valence-electron chi connectivity index (χ4n) is 2.87. The Morgan fingerprint density at radius 3 is 2.31 bits per heavy atom. The molecule has 0 bridgehead atoms. The van der Waals surface area contributed by atoms with Crippen LogP contribution in [0.15, 0.2) is 54.6 Å². The third-order valence-electron chi connectivity index (χ3n) is 4.54. The van der Waals surface area contributed by atoms with Gasteiger partial charge in [0.2, 0.25) is 0 Å². The molecule has 0 aliphatic rings. The van der Waals surface area contributed by atoms with Gasteiger partial charge in [0.15, 0.2) is 18.1 Å². The summed E-state index contributed by atoms with van der Waals surface area (Å²) in [6, 6.07) is 16.3. The average Bonchev–Trinajstić information content (AvgIpc) is 2.76. The van der Waals surface area contributed by atoms with Crippen LogP contribution in [0.5, 0.6) is 11.5 Å². The van der Waals surface area contributed by atoms with Crippen LogP contribution in [0.4, 0.5) is 11.4 Å². The van der Waals surface area contributed by atoms with Crippen LogP contribution in [0, 0.1) is 6.92 Å². The van der Waals surface area contributed by atoms with E-state index >= 15 is 0 Å². The van der Waals surface area contributed by atoms with Crippen molar-refractivity contribution in [3.05, 3.63) is 80.8 Å². The molecule has 168 valence electrons. The van der Waals surface area contributed by atoms with E-state index in [1.165, 1.54) is 0 Å². The summed E-state index contributed by atoms with van der Waals surface area (Å²) in [7, 11) is 0. The second kappa shape index (κ2) is 11.3. The molecule has 3 aromatic carbocycles. The van der Waals surface area contributed by atoms with Crippen LogP contribution in [-0.2, 0) is 11.3 Å². The van der Waals surface area contributed by atoms with Crippen molar-refractivity contribution in [2.45, 2.75) is 20.4 Å². The van der Waals surface area contributed by atoms with Gasteiger partial charge in [0.05, 0.1) is 16.7 Å². The van der Waals surface area contributed by atoms with Gasteiger partial charge in [-0.3, -0.25) is 4.79 Å². The minimum Gasteiger partial charge on any atom is -0.490 e. The van der Waals surface area contributed by atoms with E-state index in [0.717, 1.165) is 16.8 Å². The molecule has 0 fully saturated rings. The first-order valence-corrected chi connectivity index (χ1v) is 11.1. The van der Waals surface area contributed by atoms with Gasteiger partial charge in [-0.05, 0) is 67.4 Å². The van der Waals surface area contributed by atoms with Gasteiger partial charge in [0.25, 0.3) is 5.91 Å². The molecule has 5 nitrogen and oxygen atoms in total. The highest BCUT2D eigenvalue weighted by molar-refractivity contribution is 6.42. The predicted octanol–water partition coefficient (Wildman–Crippen LogP) is 6.98. The second-order valence-corrected chi connectivity index (χ2v) is 8.22. The summed E-state index contributed by atoms with van der Waals surface area (Å²) in [6.07, 6.45) is 0. The zero-order valence-electron chi connectivity index (χ0n) is 17.7. The Labute approximate surface area is 202 Å². The maximum atomic E-state index is 12.3. The van der Waals surface area contributed by atoms with Crippen molar-refractivity contribution in [1.29, 1.82) is 0 Å². The molecule has 0 atom stereocenters. The first kappa shape index (κ1) is 24.1. The number of benzene rings is 3. The van der Waals surface area contributed by atoms with E-state index < -0.39 is 0 Å². The summed E-state index contributed by atoms with van der Waals surface area (Å²) in [5.41, 5.74) is 3.38. The summed E-state index contributed by atoms with van der Waals surface area (Å²) >= 11 is 18.1. The number of amides is 1. The standard InChI is InChI=1S/C24H23Cl3N2O3/c1-3-31-23-10-16(13-28-17-7-8-19(25)21(27)11-17)5-9-22(23)32-14-24(30)29-18-6-4-15(2)20(26)12-18/h4-12,28H,3,13-14H2,1-2H3,(H,29,30). The van der Waals surface area contributed by atoms with E-state index in [2.05, 4.69) is 10.6 Å². The number of aryl methyl sites for hydroxylation is 1. The normalized spacial score (nSPS) is 10.5. The molecule has 0 saturated carbocycles. The van der Waals surface area contributed by atoms with Crippen LogP contribution < -0.4 is 20.1 Å². The van der Waals surface area contributed by atoms with Gasteiger partial charge in [-0.15, -0.1) is 0 Å². The Hall–Kier alpha value is -2.60. The molecule has 1 amide bonds. The lowest BCUT2D eigenvalue weighted by Crippen LogP contribution is -2.20. The minimum atomic E-state index is -0.294. The summed E-state index contributed by atoms with van der Waals surface area (Å²) in [5.74, 6) is 0.757. The lowest BCUT2D eigenvalue weighted by atomic mass is 10.2. The number of anilines is 2. The van der Waals surface area contributed by atoms with Crippen molar-refractivity contribution in [3.63, 3.8) is 0 Å². The molecule has 3 rings (SSSR count). The second-order valence-electron chi connectivity index (χ2n) is 7.00. The molecule has 32 heavy (non-hydrogen) atoms. The van der Waals surface area contributed by atoms with Crippen LogP contribution in [0.3, 0.4) is 0 Å². The number of nitrogens with one attached hydrogen (secondary N) is 2. The molecule has 0 aliphatic heterocycles. The van der Waals surface area contributed by atoms with E-state index in [4.69, 9.17) is 44.3 Å². The third-order valence-corrected chi connectivity index (χ3v) is 5.68. The molecule has 3 aromatic rings. The van der Waals surface area contributed by atoms with Crippen molar-refractivity contribution < 1.29 is 14.3 Å². The van der Waals surface area contributed by atoms with Gasteiger partial charge in [0.1, 0.15) is 0 Å². The summed E-state index contributed by atoms with van der Waals surface area (Å²) in [6.45, 7) is 4.64. The number of hydrogen-bond acceptors (Lipinski definition) is 4. The van der Waals surface area contributed by atoms with Crippen molar-refractivity contribution >= 4 is 52.1 Å². The van der Waals surface area contributed by atoms with E-state index in [1.807, 2.05) is 38.1 Å². The molecular weight excluding hydrogens is 471 g/mol. The van der Waals surface area contributed by atoms with E-state index in [-0.39, 0.29) is 12.5 Å². The zero-order chi connectivity index (χ0) is 23.1. The van der Waals surface area contributed by atoms with E-state index in [9.17, 15) is 4.79 Å². The SMILES string of the molecule is CCOc1cc(CNc2ccc(Cl)c(Cl)c2)ccc1OCC(=O)Nc1ccc(C)c(Cl)c1. The summed E-state index contributed by atoms with van der Waals surface area (Å²) in [4.78, 5) is 12.3. The average molecular weight is 494 g/mol. The highest BCUT2D eigenvalue weighted by Crippen LogP contribution is 2.30. The van der Waals surface area contributed by atoms with Gasteiger partial charge >= 0.3 is 0 Å².